The molecule has 4 unspecified atom stereocenters. The Balaban J connectivity index is 3.02. The third-order valence-electron chi connectivity index (χ3n) is 6.47. The molecule has 0 aromatic carbocycles. The van der Waals surface area contributed by atoms with Gasteiger partial charge in [0.25, 0.3) is 0 Å². The van der Waals surface area contributed by atoms with E-state index in [2.05, 4.69) is 26.1 Å². The van der Waals surface area contributed by atoms with E-state index in [1.165, 1.54) is 0 Å². The van der Waals surface area contributed by atoms with Gasteiger partial charge in [-0.1, -0.05) is 50.3 Å². The van der Waals surface area contributed by atoms with Crippen molar-refractivity contribution in [1.29, 1.82) is 0 Å². The molecule has 1 aliphatic carbocycles. The molecule has 0 spiro atoms. The lowest BCUT2D eigenvalue weighted by molar-refractivity contribution is -0.148. The standard InChI is InChI=1S/C19H35I2NO4/c1-6-18(24,7-2)14-10-13(11-15(14)19(25,8-3)9-4)26-17(23)16(20)12(5)22-21/h12-16,22,24-25H,6-11H2,1-5H3. The first kappa shape index (κ1) is 24.8. The molecule has 26 heavy (non-hydrogen) atoms. The van der Waals surface area contributed by atoms with Crippen LogP contribution in [0.1, 0.15) is 73.1 Å². The smallest absolute Gasteiger partial charge is 0.320 e. The molecule has 3 N–H and O–H groups in total. The van der Waals surface area contributed by atoms with Crippen LogP contribution in [0.25, 0.3) is 0 Å². The van der Waals surface area contributed by atoms with Crippen molar-refractivity contribution in [2.75, 3.05) is 0 Å². The topological polar surface area (TPSA) is 78.8 Å². The lowest BCUT2D eigenvalue weighted by atomic mass is 9.69. The highest BCUT2D eigenvalue weighted by molar-refractivity contribution is 14.1. The van der Waals surface area contributed by atoms with Crippen LogP contribution in [0.15, 0.2) is 0 Å². The van der Waals surface area contributed by atoms with E-state index in [9.17, 15) is 15.0 Å². The van der Waals surface area contributed by atoms with Crippen LogP contribution in [-0.4, -0.2) is 43.5 Å². The molecular formula is C19H35I2NO4. The molecule has 0 aliphatic heterocycles. The van der Waals surface area contributed by atoms with Gasteiger partial charge in [0.2, 0.25) is 0 Å². The molecule has 0 bridgehead atoms. The minimum atomic E-state index is -0.828. The quantitative estimate of drug-likeness (QED) is 0.153. The third kappa shape index (κ3) is 5.45. The summed E-state index contributed by atoms with van der Waals surface area (Å²) in [6, 6.07) is 0.0168. The summed E-state index contributed by atoms with van der Waals surface area (Å²) < 4.78 is 8.60. The summed E-state index contributed by atoms with van der Waals surface area (Å²) in [4.78, 5) is 12.5. The van der Waals surface area contributed by atoms with Gasteiger partial charge in [0.05, 0.1) is 11.2 Å². The largest absolute Gasteiger partial charge is 0.462 e. The summed E-state index contributed by atoms with van der Waals surface area (Å²) in [6.45, 7) is 9.92. The van der Waals surface area contributed by atoms with Gasteiger partial charge in [0.15, 0.2) is 0 Å². The summed E-state index contributed by atoms with van der Waals surface area (Å²) in [7, 11) is 0. The molecule has 0 aromatic heterocycles. The van der Waals surface area contributed by atoms with E-state index >= 15 is 0 Å². The van der Waals surface area contributed by atoms with Crippen molar-refractivity contribution < 1.29 is 19.7 Å². The summed E-state index contributed by atoms with van der Waals surface area (Å²) >= 11 is 4.16. The van der Waals surface area contributed by atoms with Crippen LogP contribution >= 0.6 is 45.5 Å². The van der Waals surface area contributed by atoms with Crippen molar-refractivity contribution in [1.82, 2.24) is 3.53 Å². The van der Waals surface area contributed by atoms with E-state index in [-0.39, 0.29) is 33.9 Å². The Morgan fingerprint density at radius 2 is 1.46 bits per heavy atom. The van der Waals surface area contributed by atoms with Crippen LogP contribution in [0.5, 0.6) is 0 Å². The van der Waals surface area contributed by atoms with E-state index in [4.69, 9.17) is 4.74 Å². The number of alkyl halides is 1. The summed E-state index contributed by atoms with van der Waals surface area (Å²) in [5.41, 5.74) is -1.66. The Labute approximate surface area is 186 Å². The third-order valence-corrected chi connectivity index (χ3v) is 9.04. The van der Waals surface area contributed by atoms with Crippen molar-refractivity contribution in [3.63, 3.8) is 0 Å². The SMILES string of the molecule is CCC(O)(CC)C1CC(OC(=O)C(I)C(C)NI)CC1C(O)(CC)CC. The monoisotopic (exact) mass is 595 g/mol. The van der Waals surface area contributed by atoms with E-state index in [1.54, 1.807) is 0 Å². The number of hydrogen-bond acceptors (Lipinski definition) is 5. The van der Waals surface area contributed by atoms with Crippen molar-refractivity contribution in [3.8, 4) is 0 Å². The fraction of sp³-hybridized carbons (Fsp3) is 0.947. The first-order valence-electron chi connectivity index (χ1n) is 9.77. The molecule has 0 radical (unpaired) electrons. The Morgan fingerprint density at radius 1 is 1.08 bits per heavy atom. The van der Waals surface area contributed by atoms with Crippen LogP contribution < -0.4 is 3.53 Å². The Kier molecular flexibility index (Phi) is 10.1. The van der Waals surface area contributed by atoms with Crippen molar-refractivity contribution >= 4 is 51.4 Å². The van der Waals surface area contributed by atoms with Gasteiger partial charge in [-0.15, -0.1) is 0 Å². The van der Waals surface area contributed by atoms with E-state index in [0.717, 1.165) is 0 Å². The molecule has 4 atom stereocenters. The van der Waals surface area contributed by atoms with Gasteiger partial charge < -0.3 is 14.9 Å². The molecule has 1 rings (SSSR count). The summed E-state index contributed by atoms with van der Waals surface area (Å²) in [5.74, 6) is -0.347. The average molecular weight is 595 g/mol. The second kappa shape index (κ2) is 10.5. The maximum absolute atomic E-state index is 12.5. The van der Waals surface area contributed by atoms with Gasteiger partial charge in [0, 0.05) is 28.9 Å². The molecule has 154 valence electrons. The Bertz CT molecular complexity index is 429. The highest BCUT2D eigenvalue weighted by Gasteiger charge is 2.53. The van der Waals surface area contributed by atoms with Crippen LogP contribution in [0.2, 0.25) is 0 Å². The van der Waals surface area contributed by atoms with Crippen molar-refractivity contribution in [2.45, 2.75) is 100 Å². The molecule has 7 heteroatoms. The van der Waals surface area contributed by atoms with Crippen LogP contribution in [0.3, 0.4) is 0 Å². The Morgan fingerprint density at radius 3 is 1.77 bits per heavy atom. The minimum absolute atomic E-state index is 0.0168. The predicted octanol–water partition coefficient (Wildman–Crippen LogP) is 4.16. The van der Waals surface area contributed by atoms with Gasteiger partial charge >= 0.3 is 5.97 Å². The number of aliphatic hydroxyl groups is 2. The summed E-state index contributed by atoms with van der Waals surface area (Å²) in [6.07, 6.45) is 3.54. The van der Waals surface area contributed by atoms with Crippen LogP contribution in [-0.2, 0) is 9.53 Å². The number of nitrogens with one attached hydrogen (secondary N) is 1. The molecular weight excluding hydrogens is 560 g/mol. The van der Waals surface area contributed by atoms with Gasteiger partial charge in [0.1, 0.15) is 10.0 Å². The van der Waals surface area contributed by atoms with Crippen molar-refractivity contribution in [2.24, 2.45) is 11.8 Å². The first-order chi connectivity index (χ1) is 12.1. The lowest BCUT2D eigenvalue weighted by Crippen LogP contribution is -2.47. The first-order valence-corrected chi connectivity index (χ1v) is 12.1. The highest BCUT2D eigenvalue weighted by atomic mass is 127. The molecule has 5 nitrogen and oxygen atoms in total. The zero-order chi connectivity index (χ0) is 20.1. The molecule has 1 aliphatic rings. The van der Waals surface area contributed by atoms with Gasteiger partial charge in [-0.05, 0) is 57.3 Å². The maximum Gasteiger partial charge on any atom is 0.320 e. The van der Waals surface area contributed by atoms with E-state index < -0.39 is 11.2 Å². The zero-order valence-electron chi connectivity index (χ0n) is 16.6. The molecule has 1 fully saturated rings. The molecule has 0 saturated heterocycles. The van der Waals surface area contributed by atoms with Gasteiger partial charge in [-0.3, -0.25) is 8.32 Å². The molecule has 0 amide bonds. The molecule has 0 aromatic rings. The minimum Gasteiger partial charge on any atom is -0.462 e. The number of halogens is 2. The van der Waals surface area contributed by atoms with E-state index in [0.29, 0.717) is 38.5 Å². The molecule has 0 heterocycles. The summed E-state index contributed by atoms with van der Waals surface area (Å²) in [5, 5.41) is 22.4. The zero-order valence-corrected chi connectivity index (χ0v) is 20.9. The average Bonchev–Trinajstić information content (AvgIpc) is 3.10. The van der Waals surface area contributed by atoms with Crippen molar-refractivity contribution in [3.05, 3.63) is 0 Å². The second-order valence-electron chi connectivity index (χ2n) is 7.66. The maximum atomic E-state index is 12.5. The number of carbonyl (C=O) groups is 1. The lowest BCUT2D eigenvalue weighted by Gasteiger charge is -2.42. The number of hydrogen-bond donors (Lipinski definition) is 3. The number of ether oxygens (including phenoxy) is 1. The van der Waals surface area contributed by atoms with E-state index in [1.807, 2.05) is 57.5 Å². The fourth-order valence-corrected chi connectivity index (χ4v) is 5.69. The second-order valence-corrected chi connectivity index (χ2v) is 9.63. The fourth-order valence-electron chi connectivity index (χ4n) is 4.31. The van der Waals surface area contributed by atoms with Crippen LogP contribution in [0.4, 0.5) is 0 Å². The number of rotatable bonds is 10. The van der Waals surface area contributed by atoms with Crippen LogP contribution in [0, 0.1) is 11.8 Å². The molecule has 1 saturated carbocycles. The van der Waals surface area contributed by atoms with Gasteiger partial charge in [-0.25, -0.2) is 0 Å². The Hall–Kier alpha value is 0.810. The van der Waals surface area contributed by atoms with Gasteiger partial charge in [-0.2, -0.15) is 0 Å². The number of carbonyl (C=O) groups excluding carboxylic acids is 1. The normalized spacial score (nSPS) is 26.6. The predicted molar refractivity (Wildman–Crippen MR) is 122 cm³/mol. The number of esters is 1. The highest BCUT2D eigenvalue weighted by Crippen LogP contribution is 2.49.